The highest BCUT2D eigenvalue weighted by Crippen LogP contribution is 2.32. The molecule has 2 heteroatoms. The molecule has 0 aromatic carbocycles. The summed E-state index contributed by atoms with van der Waals surface area (Å²) in [6.07, 6.45) is 3.84. The molecule has 0 bridgehead atoms. The van der Waals surface area contributed by atoms with Gasteiger partial charge in [-0.25, -0.2) is 0 Å². The largest absolute Gasteiger partial charge is 0.330 e. The molecule has 0 unspecified atom stereocenters. The van der Waals surface area contributed by atoms with E-state index in [2.05, 4.69) is 18.9 Å². The van der Waals surface area contributed by atoms with Gasteiger partial charge >= 0.3 is 0 Å². The lowest BCUT2D eigenvalue weighted by atomic mass is 9.78. The molecule has 2 N–H and O–H groups in total. The number of hydrogen-bond donors (Lipinski definition) is 1. The van der Waals surface area contributed by atoms with E-state index < -0.39 is 0 Å². The lowest BCUT2D eigenvalue weighted by molar-refractivity contribution is 0.132. The number of nitrogens with two attached hydrogens (primary N) is 1. The van der Waals surface area contributed by atoms with Crippen LogP contribution < -0.4 is 5.73 Å². The summed E-state index contributed by atoms with van der Waals surface area (Å²) in [5.41, 5.74) is 6.11. The molecular weight excluding hydrogens is 136 g/mol. The van der Waals surface area contributed by atoms with Crippen LogP contribution >= 0.6 is 0 Å². The van der Waals surface area contributed by atoms with Crippen LogP contribution in [-0.2, 0) is 0 Å². The predicted octanol–water partition coefficient (Wildman–Crippen LogP) is 1.07. The zero-order valence-electron chi connectivity index (χ0n) is 7.77. The summed E-state index contributed by atoms with van der Waals surface area (Å²) in [7, 11) is 2.20. The first kappa shape index (κ1) is 9.01. The maximum absolute atomic E-state index is 5.57. The molecular formula is C9H20N2. The minimum absolute atomic E-state index is 0.543. The lowest BCUT2D eigenvalue weighted by Crippen LogP contribution is -2.37. The predicted molar refractivity (Wildman–Crippen MR) is 48.5 cm³/mol. The van der Waals surface area contributed by atoms with Crippen LogP contribution in [0, 0.1) is 5.41 Å². The number of piperidine rings is 1. The highest BCUT2D eigenvalue weighted by molar-refractivity contribution is 4.81. The summed E-state index contributed by atoms with van der Waals surface area (Å²) in [6, 6.07) is 0. The van der Waals surface area contributed by atoms with Crippen molar-refractivity contribution in [2.75, 3.05) is 26.7 Å². The van der Waals surface area contributed by atoms with E-state index in [1.807, 2.05) is 0 Å². The fraction of sp³-hybridized carbons (Fsp3) is 1.00. The number of nitrogens with zero attached hydrogens (tertiary/aromatic N) is 1. The first-order valence-corrected chi connectivity index (χ1v) is 4.55. The Kier molecular flexibility index (Phi) is 2.90. The van der Waals surface area contributed by atoms with E-state index in [0.717, 1.165) is 6.54 Å². The smallest absolute Gasteiger partial charge is 0.00166 e. The molecule has 2 nitrogen and oxygen atoms in total. The average molecular weight is 156 g/mol. The van der Waals surface area contributed by atoms with Gasteiger partial charge in [0.25, 0.3) is 0 Å². The van der Waals surface area contributed by atoms with Gasteiger partial charge in [-0.1, -0.05) is 6.92 Å². The Morgan fingerprint density at radius 1 is 1.36 bits per heavy atom. The summed E-state index contributed by atoms with van der Waals surface area (Å²) in [4.78, 5) is 2.40. The summed E-state index contributed by atoms with van der Waals surface area (Å²) < 4.78 is 0. The van der Waals surface area contributed by atoms with E-state index in [1.165, 1.54) is 32.4 Å². The van der Waals surface area contributed by atoms with Gasteiger partial charge in [-0.05, 0) is 51.4 Å². The third kappa shape index (κ3) is 2.46. The molecule has 0 aliphatic carbocycles. The highest BCUT2D eigenvalue weighted by atomic mass is 15.1. The molecule has 0 radical (unpaired) electrons. The minimum Gasteiger partial charge on any atom is -0.330 e. The Hall–Kier alpha value is -0.0800. The van der Waals surface area contributed by atoms with Crippen molar-refractivity contribution in [2.45, 2.75) is 26.2 Å². The topological polar surface area (TPSA) is 29.3 Å². The molecule has 0 aromatic rings. The third-order valence-corrected chi connectivity index (χ3v) is 2.94. The standard InChI is InChI=1S/C9H20N2/c1-9(3-6-10)4-7-11(2)8-5-9/h3-8,10H2,1-2H3. The lowest BCUT2D eigenvalue weighted by Gasteiger charge is -2.37. The normalized spacial score (nSPS) is 25.4. The zero-order valence-corrected chi connectivity index (χ0v) is 7.77. The van der Waals surface area contributed by atoms with Gasteiger partial charge in [-0.2, -0.15) is 0 Å². The van der Waals surface area contributed by atoms with Gasteiger partial charge in [0, 0.05) is 0 Å². The molecule has 1 heterocycles. The van der Waals surface area contributed by atoms with Crippen LogP contribution in [0.1, 0.15) is 26.2 Å². The Morgan fingerprint density at radius 3 is 2.36 bits per heavy atom. The second-order valence-electron chi connectivity index (χ2n) is 4.15. The first-order chi connectivity index (χ1) is 5.16. The van der Waals surface area contributed by atoms with Crippen LogP contribution in [0.3, 0.4) is 0 Å². The first-order valence-electron chi connectivity index (χ1n) is 4.55. The monoisotopic (exact) mass is 156 g/mol. The summed E-state index contributed by atoms with van der Waals surface area (Å²) in [5, 5.41) is 0. The number of rotatable bonds is 2. The van der Waals surface area contributed by atoms with E-state index in [4.69, 9.17) is 5.73 Å². The number of likely N-dealkylation sites (tertiary alicyclic amines) is 1. The Bertz CT molecular complexity index is 115. The van der Waals surface area contributed by atoms with Crippen LogP contribution in [0.25, 0.3) is 0 Å². The van der Waals surface area contributed by atoms with E-state index in [-0.39, 0.29) is 0 Å². The second-order valence-corrected chi connectivity index (χ2v) is 4.15. The SMILES string of the molecule is CN1CCC(C)(CCN)CC1. The van der Waals surface area contributed by atoms with Crippen molar-refractivity contribution >= 4 is 0 Å². The summed E-state index contributed by atoms with van der Waals surface area (Å²) in [5.74, 6) is 0. The van der Waals surface area contributed by atoms with Gasteiger partial charge in [0.05, 0.1) is 0 Å². The molecule has 1 fully saturated rings. The molecule has 1 aliphatic rings. The van der Waals surface area contributed by atoms with Crippen molar-refractivity contribution in [3.8, 4) is 0 Å². The molecule has 0 spiro atoms. The van der Waals surface area contributed by atoms with Gasteiger partial charge in [-0.3, -0.25) is 0 Å². The summed E-state index contributed by atoms with van der Waals surface area (Å²) >= 11 is 0. The Labute approximate surface area is 69.8 Å². The quantitative estimate of drug-likeness (QED) is 0.648. The molecule has 1 aliphatic heterocycles. The molecule has 11 heavy (non-hydrogen) atoms. The zero-order chi connectivity index (χ0) is 8.32. The molecule has 1 saturated heterocycles. The minimum atomic E-state index is 0.543. The molecule has 0 atom stereocenters. The van der Waals surface area contributed by atoms with Gasteiger partial charge < -0.3 is 10.6 Å². The van der Waals surface area contributed by atoms with Crippen molar-refractivity contribution < 1.29 is 0 Å². The molecule has 66 valence electrons. The van der Waals surface area contributed by atoms with Crippen LogP contribution in [0.15, 0.2) is 0 Å². The van der Waals surface area contributed by atoms with Gasteiger partial charge in [0.1, 0.15) is 0 Å². The van der Waals surface area contributed by atoms with E-state index in [0.29, 0.717) is 5.41 Å². The van der Waals surface area contributed by atoms with Crippen LogP contribution in [0.5, 0.6) is 0 Å². The molecule has 1 rings (SSSR count). The van der Waals surface area contributed by atoms with Gasteiger partial charge in [-0.15, -0.1) is 0 Å². The Morgan fingerprint density at radius 2 is 1.91 bits per heavy atom. The highest BCUT2D eigenvalue weighted by Gasteiger charge is 2.27. The van der Waals surface area contributed by atoms with Crippen LogP contribution in [-0.4, -0.2) is 31.6 Å². The third-order valence-electron chi connectivity index (χ3n) is 2.94. The maximum Gasteiger partial charge on any atom is -0.00166 e. The van der Waals surface area contributed by atoms with E-state index in [9.17, 15) is 0 Å². The van der Waals surface area contributed by atoms with Crippen molar-refractivity contribution in [2.24, 2.45) is 11.1 Å². The van der Waals surface area contributed by atoms with Crippen molar-refractivity contribution in [3.63, 3.8) is 0 Å². The van der Waals surface area contributed by atoms with Crippen molar-refractivity contribution in [3.05, 3.63) is 0 Å². The van der Waals surface area contributed by atoms with Crippen LogP contribution in [0.4, 0.5) is 0 Å². The van der Waals surface area contributed by atoms with E-state index in [1.54, 1.807) is 0 Å². The fourth-order valence-electron chi connectivity index (χ4n) is 1.76. The van der Waals surface area contributed by atoms with Gasteiger partial charge in [0.15, 0.2) is 0 Å². The average Bonchev–Trinajstić information content (AvgIpc) is 1.97. The second kappa shape index (κ2) is 3.55. The molecule has 0 aromatic heterocycles. The van der Waals surface area contributed by atoms with Crippen molar-refractivity contribution in [1.82, 2.24) is 4.90 Å². The Balaban J connectivity index is 2.35. The fourth-order valence-corrected chi connectivity index (χ4v) is 1.76. The molecule has 0 saturated carbocycles. The van der Waals surface area contributed by atoms with Gasteiger partial charge in [0.2, 0.25) is 0 Å². The van der Waals surface area contributed by atoms with Crippen molar-refractivity contribution in [1.29, 1.82) is 0 Å². The van der Waals surface area contributed by atoms with Crippen LogP contribution in [0.2, 0.25) is 0 Å². The molecule has 0 amide bonds. The summed E-state index contributed by atoms with van der Waals surface area (Å²) in [6.45, 7) is 5.71. The maximum atomic E-state index is 5.57. The van der Waals surface area contributed by atoms with E-state index >= 15 is 0 Å². The number of hydrogen-bond acceptors (Lipinski definition) is 2.